The van der Waals surface area contributed by atoms with E-state index in [1.165, 1.54) is 7.11 Å². The van der Waals surface area contributed by atoms with Gasteiger partial charge < -0.3 is 24.9 Å². The summed E-state index contributed by atoms with van der Waals surface area (Å²) in [5.41, 5.74) is 1.62. The molecular formula is C14H17N3O5. The molecule has 2 amide bonds. The van der Waals surface area contributed by atoms with Crippen LogP contribution in [0, 0.1) is 0 Å². The fourth-order valence-electron chi connectivity index (χ4n) is 1.77. The van der Waals surface area contributed by atoms with Crippen molar-refractivity contribution in [2.45, 2.75) is 0 Å². The first-order chi connectivity index (χ1) is 10.7. The van der Waals surface area contributed by atoms with E-state index in [1.807, 2.05) is 12.1 Å². The van der Waals surface area contributed by atoms with Crippen molar-refractivity contribution in [2.24, 2.45) is 5.16 Å². The number of fused-ring (bicyclic) bond motifs is 1. The molecule has 0 fully saturated rings. The second-order valence-corrected chi connectivity index (χ2v) is 4.33. The average Bonchev–Trinajstić information content (AvgIpc) is 2.83. The van der Waals surface area contributed by atoms with E-state index >= 15 is 0 Å². The van der Waals surface area contributed by atoms with Crippen LogP contribution in [0.1, 0.15) is 5.56 Å². The minimum absolute atomic E-state index is 0.123. The highest BCUT2D eigenvalue weighted by atomic mass is 16.6. The molecular weight excluding hydrogens is 290 g/mol. The average molecular weight is 307 g/mol. The maximum atomic E-state index is 11.7. The summed E-state index contributed by atoms with van der Waals surface area (Å²) in [6.45, 7) is 0.860. The zero-order valence-corrected chi connectivity index (χ0v) is 12.1. The maximum Gasteiger partial charge on any atom is 0.407 e. The van der Waals surface area contributed by atoms with Gasteiger partial charge in [0, 0.05) is 12.7 Å². The number of benzene rings is 1. The third-order valence-electron chi connectivity index (χ3n) is 2.78. The molecule has 0 bridgehead atoms. The number of carbonyl (C=O) groups excluding carboxylic acids is 2. The molecule has 0 saturated carbocycles. The molecule has 8 nitrogen and oxygen atoms in total. The number of carbonyl (C=O) groups is 2. The molecule has 1 heterocycles. The summed E-state index contributed by atoms with van der Waals surface area (Å²) in [5.74, 6) is -0.312. The molecule has 0 aromatic heterocycles. The summed E-state index contributed by atoms with van der Waals surface area (Å²) < 4.78 is 9.54. The van der Waals surface area contributed by atoms with Crippen LogP contribution >= 0.6 is 0 Å². The number of oxime groups is 1. The minimum Gasteiger partial charge on any atom is -0.447 e. The number of hydrogen-bond donors (Lipinski definition) is 2. The van der Waals surface area contributed by atoms with Gasteiger partial charge in [0.2, 0.25) is 0 Å². The standard InChI is InChI=1S/C14H17N3O5/c1-20-8-9-21-14(19)15-6-7-22-17-12-10-4-2-3-5-11(10)16-13(12)18/h2-5H,6-9H2,1H3,(H,15,19)(H,16,17,18). The van der Waals surface area contributed by atoms with Crippen LogP contribution in [0.2, 0.25) is 0 Å². The first-order valence-corrected chi connectivity index (χ1v) is 6.72. The van der Waals surface area contributed by atoms with E-state index in [-0.39, 0.29) is 31.4 Å². The molecule has 0 aliphatic carbocycles. The number of hydrogen-bond acceptors (Lipinski definition) is 6. The molecule has 0 atom stereocenters. The molecule has 8 heteroatoms. The van der Waals surface area contributed by atoms with E-state index in [2.05, 4.69) is 15.8 Å². The lowest BCUT2D eigenvalue weighted by molar-refractivity contribution is -0.110. The predicted molar refractivity (Wildman–Crippen MR) is 78.8 cm³/mol. The monoisotopic (exact) mass is 307 g/mol. The highest BCUT2D eigenvalue weighted by Crippen LogP contribution is 2.22. The maximum absolute atomic E-state index is 11.7. The van der Waals surface area contributed by atoms with Gasteiger partial charge in [-0.3, -0.25) is 4.79 Å². The third-order valence-corrected chi connectivity index (χ3v) is 2.78. The first-order valence-electron chi connectivity index (χ1n) is 6.72. The van der Waals surface area contributed by atoms with Gasteiger partial charge in [0.1, 0.15) is 13.2 Å². The molecule has 0 saturated heterocycles. The Kier molecular flexibility index (Phi) is 5.73. The SMILES string of the molecule is COCCOC(=O)NCCO/N=C1\C(=O)Nc2ccccc21. The van der Waals surface area contributed by atoms with Crippen LogP contribution in [-0.4, -0.2) is 51.2 Å². The second-order valence-electron chi connectivity index (χ2n) is 4.33. The van der Waals surface area contributed by atoms with E-state index in [1.54, 1.807) is 12.1 Å². The summed E-state index contributed by atoms with van der Waals surface area (Å²) in [6, 6.07) is 7.20. The number of methoxy groups -OCH3 is 1. The normalized spacial score (nSPS) is 14.4. The Morgan fingerprint density at radius 3 is 2.91 bits per heavy atom. The third kappa shape index (κ3) is 4.19. The molecule has 0 spiro atoms. The summed E-state index contributed by atoms with van der Waals surface area (Å²) in [7, 11) is 1.52. The zero-order chi connectivity index (χ0) is 15.8. The van der Waals surface area contributed by atoms with Crippen molar-refractivity contribution < 1.29 is 23.9 Å². The number of nitrogens with one attached hydrogen (secondary N) is 2. The van der Waals surface area contributed by atoms with Crippen LogP contribution in [0.5, 0.6) is 0 Å². The first kappa shape index (κ1) is 15.8. The number of ether oxygens (including phenoxy) is 2. The lowest BCUT2D eigenvalue weighted by atomic mass is 10.1. The van der Waals surface area contributed by atoms with E-state index in [9.17, 15) is 9.59 Å². The van der Waals surface area contributed by atoms with E-state index < -0.39 is 6.09 Å². The molecule has 1 aliphatic heterocycles. The highest BCUT2D eigenvalue weighted by Gasteiger charge is 2.25. The molecule has 0 unspecified atom stereocenters. The van der Waals surface area contributed by atoms with Gasteiger partial charge >= 0.3 is 6.09 Å². The fraction of sp³-hybridized carbons (Fsp3) is 0.357. The molecule has 2 rings (SSSR count). The van der Waals surface area contributed by atoms with Crippen LogP contribution in [0.25, 0.3) is 0 Å². The van der Waals surface area contributed by atoms with Gasteiger partial charge in [0.15, 0.2) is 5.71 Å². The van der Waals surface area contributed by atoms with Crippen molar-refractivity contribution >= 4 is 23.4 Å². The number of anilines is 1. The van der Waals surface area contributed by atoms with Crippen molar-refractivity contribution in [3.8, 4) is 0 Å². The van der Waals surface area contributed by atoms with Gasteiger partial charge in [-0.05, 0) is 6.07 Å². The van der Waals surface area contributed by atoms with Crippen molar-refractivity contribution in [2.75, 3.05) is 38.8 Å². The van der Waals surface area contributed by atoms with Crippen LogP contribution in [0.3, 0.4) is 0 Å². The van der Waals surface area contributed by atoms with Crippen LogP contribution in [-0.2, 0) is 19.1 Å². The van der Waals surface area contributed by atoms with Gasteiger partial charge in [-0.2, -0.15) is 0 Å². The Hall–Kier alpha value is -2.61. The fourth-order valence-corrected chi connectivity index (χ4v) is 1.77. The number of rotatable bonds is 7. The van der Waals surface area contributed by atoms with E-state index in [0.29, 0.717) is 17.9 Å². The molecule has 1 aliphatic rings. The number of amides is 2. The lowest BCUT2D eigenvalue weighted by Gasteiger charge is -2.05. The van der Waals surface area contributed by atoms with E-state index in [0.717, 1.165) is 0 Å². The number of para-hydroxylation sites is 1. The Bertz CT molecular complexity index is 573. The summed E-state index contributed by atoms with van der Waals surface area (Å²) in [5, 5.41) is 8.98. The van der Waals surface area contributed by atoms with Crippen LogP contribution < -0.4 is 10.6 Å². The predicted octanol–water partition coefficient (Wildman–Crippen LogP) is 0.732. The number of alkyl carbamates (subject to hydrolysis) is 1. The van der Waals surface area contributed by atoms with Crippen molar-refractivity contribution in [1.82, 2.24) is 5.32 Å². The van der Waals surface area contributed by atoms with Gasteiger partial charge in [0.25, 0.3) is 5.91 Å². The number of nitrogens with zero attached hydrogens (tertiary/aromatic N) is 1. The summed E-state index contributed by atoms with van der Waals surface area (Å²) >= 11 is 0. The summed E-state index contributed by atoms with van der Waals surface area (Å²) in [4.78, 5) is 28.0. The van der Waals surface area contributed by atoms with Crippen molar-refractivity contribution in [1.29, 1.82) is 0 Å². The largest absolute Gasteiger partial charge is 0.447 e. The summed E-state index contributed by atoms with van der Waals surface area (Å²) in [6.07, 6.45) is -0.558. The Morgan fingerprint density at radius 1 is 1.27 bits per heavy atom. The molecule has 2 N–H and O–H groups in total. The molecule has 22 heavy (non-hydrogen) atoms. The quantitative estimate of drug-likeness (QED) is 0.571. The zero-order valence-electron chi connectivity index (χ0n) is 12.1. The van der Waals surface area contributed by atoms with Crippen molar-refractivity contribution in [3.63, 3.8) is 0 Å². The molecule has 1 aromatic rings. The molecule has 1 aromatic carbocycles. The minimum atomic E-state index is -0.558. The smallest absolute Gasteiger partial charge is 0.407 e. The van der Waals surface area contributed by atoms with Gasteiger partial charge in [-0.1, -0.05) is 23.4 Å². The molecule has 118 valence electrons. The lowest BCUT2D eigenvalue weighted by Crippen LogP contribution is -2.28. The van der Waals surface area contributed by atoms with E-state index in [4.69, 9.17) is 14.3 Å². The van der Waals surface area contributed by atoms with Gasteiger partial charge in [-0.25, -0.2) is 4.79 Å². The topological polar surface area (TPSA) is 98.2 Å². The van der Waals surface area contributed by atoms with Crippen LogP contribution in [0.4, 0.5) is 10.5 Å². The highest BCUT2D eigenvalue weighted by molar-refractivity contribution is 6.53. The van der Waals surface area contributed by atoms with Gasteiger partial charge in [0.05, 0.1) is 18.8 Å². The Labute approximate surface area is 127 Å². The molecule has 0 radical (unpaired) electrons. The Balaban J connectivity index is 1.72. The van der Waals surface area contributed by atoms with Gasteiger partial charge in [-0.15, -0.1) is 0 Å². The second kappa shape index (κ2) is 7.99. The van der Waals surface area contributed by atoms with Crippen molar-refractivity contribution in [3.05, 3.63) is 29.8 Å². The van der Waals surface area contributed by atoms with Crippen LogP contribution in [0.15, 0.2) is 29.4 Å². The Morgan fingerprint density at radius 2 is 2.09 bits per heavy atom.